The summed E-state index contributed by atoms with van der Waals surface area (Å²) in [6.07, 6.45) is 3.33. The zero-order valence-corrected chi connectivity index (χ0v) is 10.3. The van der Waals surface area contributed by atoms with Crippen LogP contribution < -0.4 is 5.43 Å². The van der Waals surface area contributed by atoms with Gasteiger partial charge in [-0.3, -0.25) is 19.7 Å². The van der Waals surface area contributed by atoms with Gasteiger partial charge in [-0.05, 0) is 25.0 Å². The first kappa shape index (κ1) is 13.3. The summed E-state index contributed by atoms with van der Waals surface area (Å²) in [5.41, 5.74) is 1.56. The fourth-order valence-corrected chi connectivity index (χ4v) is 1.45. The van der Waals surface area contributed by atoms with Crippen molar-refractivity contribution in [3.05, 3.63) is 24.5 Å². The number of aliphatic carboxylic acids is 1. The standard InChI is InChI=1S/C12H18N2O3/c1-9(2)12(3,11(16)17)8-10(15)13-14-6-4-5-7-14/h4-7,9H,8H2,1-3H3,(H,13,15)(H,16,17). The van der Waals surface area contributed by atoms with Crippen LogP contribution in [0.5, 0.6) is 0 Å². The Morgan fingerprint density at radius 2 is 1.88 bits per heavy atom. The van der Waals surface area contributed by atoms with Gasteiger partial charge in [0, 0.05) is 18.8 Å². The van der Waals surface area contributed by atoms with Crippen molar-refractivity contribution in [1.82, 2.24) is 4.68 Å². The maximum atomic E-state index is 11.7. The second kappa shape index (κ2) is 5.03. The summed E-state index contributed by atoms with van der Waals surface area (Å²) in [4.78, 5) is 23.0. The van der Waals surface area contributed by atoms with E-state index in [0.717, 1.165) is 0 Å². The number of carboxylic acids is 1. The number of nitrogens with one attached hydrogen (secondary N) is 1. The largest absolute Gasteiger partial charge is 0.481 e. The lowest BCUT2D eigenvalue weighted by Gasteiger charge is -2.28. The highest BCUT2D eigenvalue weighted by Crippen LogP contribution is 2.31. The van der Waals surface area contributed by atoms with Gasteiger partial charge in [0.25, 0.3) is 0 Å². The molecule has 94 valence electrons. The quantitative estimate of drug-likeness (QED) is 0.820. The Bertz CT molecular complexity index is 398. The molecule has 0 saturated carbocycles. The van der Waals surface area contributed by atoms with Crippen LogP contribution in [-0.2, 0) is 9.59 Å². The zero-order chi connectivity index (χ0) is 13.1. The van der Waals surface area contributed by atoms with Gasteiger partial charge in [-0.25, -0.2) is 0 Å². The number of aromatic nitrogens is 1. The molecule has 1 unspecified atom stereocenters. The molecule has 0 bridgehead atoms. The molecule has 0 radical (unpaired) electrons. The van der Waals surface area contributed by atoms with Gasteiger partial charge in [0.1, 0.15) is 0 Å². The van der Waals surface area contributed by atoms with Gasteiger partial charge in [-0.1, -0.05) is 13.8 Å². The minimum atomic E-state index is -1.04. The van der Waals surface area contributed by atoms with Crippen LogP contribution in [0.25, 0.3) is 0 Å². The van der Waals surface area contributed by atoms with Crippen LogP contribution in [0.2, 0.25) is 0 Å². The molecule has 1 heterocycles. The molecule has 1 aromatic rings. The molecular weight excluding hydrogens is 220 g/mol. The fourth-order valence-electron chi connectivity index (χ4n) is 1.45. The first-order valence-corrected chi connectivity index (χ1v) is 5.52. The third kappa shape index (κ3) is 3.09. The van der Waals surface area contributed by atoms with Gasteiger partial charge in [-0.2, -0.15) is 0 Å². The Kier molecular flexibility index (Phi) is 3.93. The Morgan fingerprint density at radius 3 is 2.29 bits per heavy atom. The summed E-state index contributed by atoms with van der Waals surface area (Å²) >= 11 is 0. The summed E-state index contributed by atoms with van der Waals surface area (Å²) in [6, 6.07) is 3.55. The van der Waals surface area contributed by atoms with E-state index in [4.69, 9.17) is 0 Å². The Balaban J connectivity index is 2.69. The molecule has 5 heteroatoms. The fraction of sp³-hybridized carbons (Fsp3) is 0.500. The van der Waals surface area contributed by atoms with Crippen molar-refractivity contribution in [1.29, 1.82) is 0 Å². The molecule has 17 heavy (non-hydrogen) atoms. The molecule has 0 aliphatic heterocycles. The lowest BCUT2D eigenvalue weighted by Crippen LogP contribution is -2.38. The summed E-state index contributed by atoms with van der Waals surface area (Å²) < 4.78 is 1.50. The van der Waals surface area contributed by atoms with Crippen molar-refractivity contribution >= 4 is 11.9 Å². The van der Waals surface area contributed by atoms with E-state index in [2.05, 4.69) is 5.43 Å². The Morgan fingerprint density at radius 1 is 1.35 bits per heavy atom. The smallest absolute Gasteiger partial charge is 0.310 e. The molecule has 1 aromatic heterocycles. The number of carboxylic acid groups (broad SMARTS) is 1. The van der Waals surface area contributed by atoms with Crippen LogP contribution in [0, 0.1) is 11.3 Å². The van der Waals surface area contributed by atoms with E-state index >= 15 is 0 Å². The number of carbonyl (C=O) groups excluding carboxylic acids is 1. The minimum absolute atomic E-state index is 0.0435. The van der Waals surface area contributed by atoms with Crippen LogP contribution in [0.15, 0.2) is 24.5 Å². The van der Waals surface area contributed by atoms with E-state index < -0.39 is 11.4 Å². The van der Waals surface area contributed by atoms with E-state index in [9.17, 15) is 14.7 Å². The predicted molar refractivity (Wildman–Crippen MR) is 64.0 cm³/mol. The normalized spacial score (nSPS) is 14.4. The number of hydrogen-bond acceptors (Lipinski definition) is 2. The predicted octanol–water partition coefficient (Wildman–Crippen LogP) is 1.70. The number of hydrogen-bond donors (Lipinski definition) is 2. The van der Waals surface area contributed by atoms with Crippen molar-refractivity contribution < 1.29 is 14.7 Å². The second-order valence-electron chi connectivity index (χ2n) is 4.68. The van der Waals surface area contributed by atoms with E-state index in [-0.39, 0.29) is 18.2 Å². The first-order valence-electron chi connectivity index (χ1n) is 5.52. The van der Waals surface area contributed by atoms with Gasteiger partial charge >= 0.3 is 5.97 Å². The molecule has 0 saturated heterocycles. The molecule has 1 amide bonds. The average molecular weight is 238 g/mol. The molecule has 2 N–H and O–H groups in total. The summed E-state index contributed by atoms with van der Waals surface area (Å²) in [6.45, 7) is 5.20. The van der Waals surface area contributed by atoms with Gasteiger partial charge < -0.3 is 5.11 Å². The lowest BCUT2D eigenvalue weighted by molar-refractivity contribution is -0.153. The molecule has 0 aromatic carbocycles. The van der Waals surface area contributed by atoms with Crippen LogP contribution in [0.3, 0.4) is 0 Å². The first-order chi connectivity index (χ1) is 7.86. The zero-order valence-electron chi connectivity index (χ0n) is 10.3. The topological polar surface area (TPSA) is 71.3 Å². The van der Waals surface area contributed by atoms with E-state index in [1.54, 1.807) is 45.3 Å². The van der Waals surface area contributed by atoms with Gasteiger partial charge in [-0.15, -0.1) is 0 Å². The van der Waals surface area contributed by atoms with E-state index in [1.165, 1.54) is 4.68 Å². The van der Waals surface area contributed by atoms with Crippen LogP contribution in [-0.4, -0.2) is 21.7 Å². The molecule has 5 nitrogen and oxygen atoms in total. The second-order valence-corrected chi connectivity index (χ2v) is 4.68. The number of carbonyl (C=O) groups is 2. The highest BCUT2D eigenvalue weighted by Gasteiger charge is 2.38. The number of rotatable bonds is 5. The molecule has 1 rings (SSSR count). The molecule has 0 fully saturated rings. The molecule has 1 atom stereocenters. The lowest BCUT2D eigenvalue weighted by atomic mass is 9.76. The summed E-state index contributed by atoms with van der Waals surface area (Å²) in [5.74, 6) is -1.37. The molecular formula is C12H18N2O3. The molecule has 0 aliphatic carbocycles. The van der Waals surface area contributed by atoms with E-state index in [1.807, 2.05) is 0 Å². The number of amides is 1. The maximum absolute atomic E-state index is 11.7. The van der Waals surface area contributed by atoms with Gasteiger partial charge in [0.2, 0.25) is 5.91 Å². The van der Waals surface area contributed by atoms with Crippen LogP contribution >= 0.6 is 0 Å². The van der Waals surface area contributed by atoms with Crippen LogP contribution in [0.1, 0.15) is 27.2 Å². The van der Waals surface area contributed by atoms with Crippen molar-refractivity contribution in [2.24, 2.45) is 11.3 Å². The number of nitrogens with zero attached hydrogens (tertiary/aromatic N) is 1. The van der Waals surface area contributed by atoms with Crippen molar-refractivity contribution in [2.45, 2.75) is 27.2 Å². The molecule has 0 spiro atoms. The Labute approximate surface area is 100 Å². The van der Waals surface area contributed by atoms with Crippen molar-refractivity contribution in [2.75, 3.05) is 5.43 Å². The maximum Gasteiger partial charge on any atom is 0.310 e. The summed E-state index contributed by atoms with van der Waals surface area (Å²) in [5, 5.41) is 9.19. The highest BCUT2D eigenvalue weighted by atomic mass is 16.4. The molecule has 0 aliphatic rings. The summed E-state index contributed by atoms with van der Waals surface area (Å²) in [7, 11) is 0. The van der Waals surface area contributed by atoms with Gasteiger partial charge in [0.05, 0.1) is 5.41 Å². The average Bonchev–Trinajstić information content (AvgIpc) is 2.69. The van der Waals surface area contributed by atoms with Crippen molar-refractivity contribution in [3.8, 4) is 0 Å². The minimum Gasteiger partial charge on any atom is -0.481 e. The monoisotopic (exact) mass is 238 g/mol. The third-order valence-corrected chi connectivity index (χ3v) is 3.15. The highest BCUT2D eigenvalue weighted by molar-refractivity contribution is 5.89. The third-order valence-electron chi connectivity index (χ3n) is 3.15. The van der Waals surface area contributed by atoms with Crippen molar-refractivity contribution in [3.63, 3.8) is 0 Å². The Hall–Kier alpha value is -1.78. The van der Waals surface area contributed by atoms with Gasteiger partial charge in [0.15, 0.2) is 0 Å². The van der Waals surface area contributed by atoms with Crippen LogP contribution in [0.4, 0.5) is 0 Å². The van der Waals surface area contributed by atoms with E-state index in [0.29, 0.717) is 0 Å². The SMILES string of the molecule is CC(C)C(C)(CC(=O)Nn1cccc1)C(=O)O.